The largest absolute Gasteiger partial charge is 0.385 e. The van der Waals surface area contributed by atoms with Crippen LogP contribution in [0.5, 0.6) is 0 Å². The topological polar surface area (TPSA) is 34.1 Å². The van der Waals surface area contributed by atoms with Gasteiger partial charge in [0.2, 0.25) is 0 Å². The van der Waals surface area contributed by atoms with Crippen LogP contribution in [0.3, 0.4) is 0 Å². The molecule has 1 aromatic heterocycles. The van der Waals surface area contributed by atoms with Crippen LogP contribution in [-0.4, -0.2) is 25.2 Å². The van der Waals surface area contributed by atoms with E-state index in [1.165, 1.54) is 24.0 Å². The summed E-state index contributed by atoms with van der Waals surface area (Å²) in [5, 5.41) is 3.38. The van der Waals surface area contributed by atoms with E-state index in [2.05, 4.69) is 52.8 Å². The molecule has 1 fully saturated rings. The zero-order valence-electron chi connectivity index (χ0n) is 13.2. The van der Waals surface area contributed by atoms with Gasteiger partial charge in [-0.05, 0) is 42.9 Å². The molecule has 22 heavy (non-hydrogen) atoms. The first-order valence-corrected chi connectivity index (χ1v) is 8.10. The van der Waals surface area contributed by atoms with Crippen LogP contribution in [0.25, 0.3) is 0 Å². The highest BCUT2D eigenvalue weighted by molar-refractivity contribution is 5.46. The second kappa shape index (κ2) is 6.93. The van der Waals surface area contributed by atoms with Crippen LogP contribution in [0.15, 0.2) is 48.7 Å². The molecule has 1 aliphatic rings. The van der Waals surface area contributed by atoms with Crippen LogP contribution in [0.4, 0.5) is 5.82 Å². The normalized spacial score (nSPS) is 15.5. The summed E-state index contributed by atoms with van der Waals surface area (Å²) in [6.07, 6.45) is 6.67. The number of unbranched alkanes of at least 4 members (excludes halogenated alkanes) is 1. The number of hydrogen-bond donors (Lipinski definition) is 1. The second-order valence-electron chi connectivity index (χ2n) is 6.01. The van der Waals surface area contributed by atoms with Crippen LogP contribution in [-0.2, 0) is 10.2 Å². The van der Waals surface area contributed by atoms with Crippen LogP contribution in [0.2, 0.25) is 0 Å². The highest BCUT2D eigenvalue weighted by Crippen LogP contribution is 2.53. The van der Waals surface area contributed by atoms with E-state index in [0.717, 1.165) is 31.8 Å². The highest BCUT2D eigenvalue weighted by Gasteiger charge is 2.45. The summed E-state index contributed by atoms with van der Waals surface area (Å²) in [5.74, 6) is 0.963. The van der Waals surface area contributed by atoms with Gasteiger partial charge in [0, 0.05) is 31.9 Å². The molecular weight excluding hydrogens is 272 g/mol. The Bertz CT molecular complexity index is 576. The summed E-state index contributed by atoms with van der Waals surface area (Å²) in [7, 11) is 1.74. The van der Waals surface area contributed by atoms with Gasteiger partial charge in [0.15, 0.2) is 0 Å². The molecule has 3 rings (SSSR count). The second-order valence-corrected chi connectivity index (χ2v) is 6.01. The van der Waals surface area contributed by atoms with Crippen molar-refractivity contribution in [1.29, 1.82) is 0 Å². The number of aromatic nitrogens is 1. The lowest BCUT2D eigenvalue weighted by Crippen LogP contribution is -2.10. The average Bonchev–Trinajstić information content (AvgIpc) is 3.38. The minimum atomic E-state index is 0.214. The van der Waals surface area contributed by atoms with Crippen molar-refractivity contribution in [2.45, 2.75) is 31.1 Å². The summed E-state index contributed by atoms with van der Waals surface area (Å²) in [4.78, 5) is 4.59. The van der Waals surface area contributed by atoms with Crippen molar-refractivity contribution < 1.29 is 4.74 Å². The minimum Gasteiger partial charge on any atom is -0.385 e. The maximum Gasteiger partial charge on any atom is 0.125 e. The lowest BCUT2D eigenvalue weighted by molar-refractivity contribution is 0.194. The molecule has 0 spiro atoms. The van der Waals surface area contributed by atoms with E-state index < -0.39 is 0 Å². The number of anilines is 1. The first-order chi connectivity index (χ1) is 10.8. The molecule has 1 aromatic carbocycles. The number of hydrogen-bond acceptors (Lipinski definition) is 3. The van der Waals surface area contributed by atoms with Crippen molar-refractivity contribution in [2.75, 3.05) is 25.6 Å². The predicted octanol–water partition coefficient (Wildman–Crippen LogP) is 4.00. The van der Waals surface area contributed by atoms with Gasteiger partial charge in [0.25, 0.3) is 0 Å². The van der Waals surface area contributed by atoms with E-state index in [1.54, 1.807) is 7.11 Å². The molecular formula is C19H24N2O. The van der Waals surface area contributed by atoms with Gasteiger partial charge in [-0.1, -0.05) is 36.4 Å². The Labute approximate surface area is 132 Å². The number of pyridine rings is 1. The van der Waals surface area contributed by atoms with Crippen molar-refractivity contribution in [3.63, 3.8) is 0 Å². The number of benzene rings is 1. The molecule has 0 atom stereocenters. The van der Waals surface area contributed by atoms with Crippen LogP contribution in [0, 0.1) is 0 Å². The Morgan fingerprint density at radius 3 is 2.50 bits per heavy atom. The molecule has 0 radical (unpaired) electrons. The van der Waals surface area contributed by atoms with E-state index in [0.29, 0.717) is 0 Å². The molecule has 0 amide bonds. The zero-order chi connectivity index (χ0) is 15.3. The molecule has 116 valence electrons. The molecule has 0 bridgehead atoms. The first kappa shape index (κ1) is 15.0. The first-order valence-electron chi connectivity index (χ1n) is 8.10. The van der Waals surface area contributed by atoms with E-state index in [4.69, 9.17) is 4.74 Å². The van der Waals surface area contributed by atoms with Gasteiger partial charge in [-0.2, -0.15) is 0 Å². The standard InChI is InChI=1S/C19H24N2O/c1-22-14-6-5-13-20-18-10-9-17(15-21-18)19(11-12-19)16-7-3-2-4-8-16/h2-4,7-10,15H,5-6,11-14H2,1H3,(H,20,21). The summed E-state index contributed by atoms with van der Waals surface area (Å²) in [6, 6.07) is 15.1. The van der Waals surface area contributed by atoms with E-state index in [1.807, 2.05) is 6.20 Å². The molecule has 0 unspecified atom stereocenters. The van der Waals surface area contributed by atoms with Crippen molar-refractivity contribution >= 4 is 5.82 Å². The maximum atomic E-state index is 5.05. The number of rotatable bonds is 8. The third kappa shape index (κ3) is 3.30. The van der Waals surface area contributed by atoms with Crippen LogP contribution >= 0.6 is 0 Å². The Balaban J connectivity index is 1.60. The van der Waals surface area contributed by atoms with Crippen molar-refractivity contribution in [1.82, 2.24) is 4.98 Å². The van der Waals surface area contributed by atoms with E-state index >= 15 is 0 Å². The molecule has 1 heterocycles. The Morgan fingerprint density at radius 1 is 1.05 bits per heavy atom. The van der Waals surface area contributed by atoms with Gasteiger partial charge in [0.05, 0.1) is 0 Å². The molecule has 0 aliphatic heterocycles. The monoisotopic (exact) mass is 296 g/mol. The van der Waals surface area contributed by atoms with Crippen molar-refractivity contribution in [3.8, 4) is 0 Å². The minimum absolute atomic E-state index is 0.214. The Kier molecular flexibility index (Phi) is 4.74. The van der Waals surface area contributed by atoms with Crippen molar-refractivity contribution in [2.24, 2.45) is 0 Å². The Morgan fingerprint density at radius 2 is 1.86 bits per heavy atom. The summed E-state index contributed by atoms with van der Waals surface area (Å²) in [5.41, 5.74) is 2.96. The summed E-state index contributed by atoms with van der Waals surface area (Å²) >= 11 is 0. The van der Waals surface area contributed by atoms with Gasteiger partial charge >= 0.3 is 0 Å². The quantitative estimate of drug-likeness (QED) is 0.748. The van der Waals surface area contributed by atoms with Crippen LogP contribution < -0.4 is 5.32 Å². The molecule has 0 saturated heterocycles. The molecule has 3 heteroatoms. The third-order valence-electron chi connectivity index (χ3n) is 4.47. The van der Waals surface area contributed by atoms with Crippen molar-refractivity contribution in [3.05, 3.63) is 59.8 Å². The number of methoxy groups -OCH3 is 1. The van der Waals surface area contributed by atoms with Gasteiger partial charge in [-0.3, -0.25) is 0 Å². The lowest BCUT2D eigenvalue weighted by Gasteiger charge is -2.16. The summed E-state index contributed by atoms with van der Waals surface area (Å²) < 4.78 is 5.05. The van der Waals surface area contributed by atoms with Gasteiger partial charge in [-0.15, -0.1) is 0 Å². The third-order valence-corrected chi connectivity index (χ3v) is 4.47. The average molecular weight is 296 g/mol. The lowest BCUT2D eigenvalue weighted by atomic mass is 9.89. The predicted molar refractivity (Wildman–Crippen MR) is 90.3 cm³/mol. The zero-order valence-corrected chi connectivity index (χ0v) is 13.2. The fourth-order valence-corrected chi connectivity index (χ4v) is 3.00. The van der Waals surface area contributed by atoms with Gasteiger partial charge in [0.1, 0.15) is 5.82 Å². The van der Waals surface area contributed by atoms with Crippen LogP contribution in [0.1, 0.15) is 36.8 Å². The molecule has 3 nitrogen and oxygen atoms in total. The molecule has 1 aliphatic carbocycles. The number of nitrogens with zero attached hydrogens (tertiary/aromatic N) is 1. The fourth-order valence-electron chi connectivity index (χ4n) is 3.00. The Hall–Kier alpha value is -1.87. The van der Waals surface area contributed by atoms with Gasteiger partial charge < -0.3 is 10.1 Å². The van der Waals surface area contributed by atoms with E-state index in [9.17, 15) is 0 Å². The number of ether oxygens (including phenoxy) is 1. The maximum absolute atomic E-state index is 5.05. The van der Waals surface area contributed by atoms with E-state index in [-0.39, 0.29) is 5.41 Å². The molecule has 2 aromatic rings. The fraction of sp³-hybridized carbons (Fsp3) is 0.421. The molecule has 1 saturated carbocycles. The van der Waals surface area contributed by atoms with Gasteiger partial charge in [-0.25, -0.2) is 4.98 Å². The SMILES string of the molecule is COCCCCNc1ccc(C2(c3ccccc3)CC2)cn1. The summed E-state index contributed by atoms with van der Waals surface area (Å²) in [6.45, 7) is 1.77. The molecule has 1 N–H and O–H groups in total. The number of nitrogens with one attached hydrogen (secondary N) is 1. The highest BCUT2D eigenvalue weighted by atomic mass is 16.5. The smallest absolute Gasteiger partial charge is 0.125 e.